The minimum absolute atomic E-state index is 0.877. The van der Waals surface area contributed by atoms with Gasteiger partial charge in [0.2, 0.25) is 4.83 Å². The first kappa shape index (κ1) is 9.63. The predicted molar refractivity (Wildman–Crippen MR) is 73.1 cm³/mol. The third-order valence-electron chi connectivity index (χ3n) is 3.63. The summed E-state index contributed by atoms with van der Waals surface area (Å²) in [6.45, 7) is 0.877. The molecule has 5 heterocycles. The molecule has 1 aliphatic rings. The lowest BCUT2D eigenvalue weighted by molar-refractivity contribution is -0.643. The molecule has 0 saturated heterocycles. The topological polar surface area (TPSA) is 34.1 Å². The molecule has 0 amide bonds. The summed E-state index contributed by atoms with van der Waals surface area (Å²) < 4.78 is 4.45. The van der Waals surface area contributed by atoms with Crippen LogP contribution in [0.2, 0.25) is 0 Å². The number of aromatic nitrogens is 4. The maximum absolute atomic E-state index is 4.75. The summed E-state index contributed by atoms with van der Waals surface area (Å²) >= 11 is 1.80. The number of thiazole rings is 1. The van der Waals surface area contributed by atoms with Gasteiger partial charge in [-0.3, -0.25) is 9.38 Å². The SMILES string of the molecule is c1ccn2c(c1)nc1c2sc2[n+]1Cc1cnccc1-2. The highest BCUT2D eigenvalue weighted by molar-refractivity contribution is 7.20. The molecule has 4 aromatic heterocycles. The van der Waals surface area contributed by atoms with Gasteiger partial charge in [-0.15, -0.1) is 0 Å². The molecule has 0 spiro atoms. The van der Waals surface area contributed by atoms with Gasteiger partial charge in [0.15, 0.2) is 5.01 Å². The van der Waals surface area contributed by atoms with Crippen LogP contribution < -0.4 is 4.57 Å². The zero-order chi connectivity index (χ0) is 12.4. The molecular weight excluding hydrogens is 256 g/mol. The van der Waals surface area contributed by atoms with E-state index in [0.717, 1.165) is 17.8 Å². The lowest BCUT2D eigenvalue weighted by atomic mass is 10.2. The van der Waals surface area contributed by atoms with Crippen molar-refractivity contribution in [3.63, 3.8) is 0 Å². The fourth-order valence-corrected chi connectivity index (χ4v) is 4.01. The summed E-state index contributed by atoms with van der Waals surface area (Å²) in [5.74, 6) is 0. The van der Waals surface area contributed by atoms with Crippen LogP contribution in [0.15, 0.2) is 42.9 Å². The van der Waals surface area contributed by atoms with Gasteiger partial charge in [0.1, 0.15) is 6.54 Å². The van der Waals surface area contributed by atoms with Crippen molar-refractivity contribution in [2.24, 2.45) is 0 Å². The van der Waals surface area contributed by atoms with Crippen molar-refractivity contribution in [2.45, 2.75) is 6.54 Å². The minimum atomic E-state index is 0.877. The van der Waals surface area contributed by atoms with Gasteiger partial charge in [0.25, 0.3) is 5.65 Å². The minimum Gasteiger partial charge on any atom is -0.265 e. The van der Waals surface area contributed by atoms with Crippen LogP contribution in [0, 0.1) is 0 Å². The highest BCUT2D eigenvalue weighted by Gasteiger charge is 2.31. The van der Waals surface area contributed by atoms with Crippen LogP contribution in [0.3, 0.4) is 0 Å². The Kier molecular flexibility index (Phi) is 1.62. The molecule has 19 heavy (non-hydrogen) atoms. The van der Waals surface area contributed by atoms with Crippen LogP contribution in [0.4, 0.5) is 0 Å². The molecule has 4 nitrogen and oxygen atoms in total. The molecule has 0 fully saturated rings. The van der Waals surface area contributed by atoms with Gasteiger partial charge in [-0.2, -0.15) is 0 Å². The summed E-state index contributed by atoms with van der Waals surface area (Å²) in [6.07, 6.45) is 5.89. The summed E-state index contributed by atoms with van der Waals surface area (Å²) in [5, 5.41) is 1.29. The normalized spacial score (nSPS) is 13.1. The smallest absolute Gasteiger partial charge is 0.265 e. The van der Waals surface area contributed by atoms with E-state index in [1.165, 1.54) is 21.0 Å². The summed E-state index contributed by atoms with van der Waals surface area (Å²) in [6, 6.07) is 8.21. The fraction of sp³-hybridized carbons (Fsp3) is 0.0714. The third kappa shape index (κ3) is 1.11. The van der Waals surface area contributed by atoms with Gasteiger partial charge in [-0.1, -0.05) is 17.4 Å². The Balaban J connectivity index is 1.93. The lowest BCUT2D eigenvalue weighted by Gasteiger charge is -1.91. The van der Waals surface area contributed by atoms with Gasteiger partial charge in [-0.25, -0.2) is 4.57 Å². The van der Waals surface area contributed by atoms with E-state index < -0.39 is 0 Å². The van der Waals surface area contributed by atoms with Crippen LogP contribution in [0.5, 0.6) is 0 Å². The number of pyridine rings is 2. The van der Waals surface area contributed by atoms with Gasteiger partial charge >= 0.3 is 5.65 Å². The van der Waals surface area contributed by atoms with Crippen molar-refractivity contribution in [1.29, 1.82) is 0 Å². The molecule has 0 unspecified atom stereocenters. The third-order valence-corrected chi connectivity index (χ3v) is 4.83. The second-order valence-corrected chi connectivity index (χ2v) is 5.67. The Hall–Kier alpha value is -2.27. The highest BCUT2D eigenvalue weighted by Crippen LogP contribution is 2.34. The first-order valence-corrected chi connectivity index (χ1v) is 6.96. The van der Waals surface area contributed by atoms with Crippen molar-refractivity contribution in [3.8, 4) is 10.6 Å². The largest absolute Gasteiger partial charge is 0.362 e. The number of imidazole rings is 1. The van der Waals surface area contributed by atoms with E-state index >= 15 is 0 Å². The second-order valence-electron chi connectivity index (χ2n) is 4.70. The molecule has 0 atom stereocenters. The van der Waals surface area contributed by atoms with Crippen molar-refractivity contribution < 1.29 is 4.57 Å². The van der Waals surface area contributed by atoms with Gasteiger partial charge in [-0.05, 0) is 17.1 Å². The van der Waals surface area contributed by atoms with E-state index in [9.17, 15) is 0 Å². The first-order valence-electron chi connectivity index (χ1n) is 6.14. The molecule has 0 N–H and O–H groups in total. The Labute approximate surface area is 112 Å². The maximum Gasteiger partial charge on any atom is 0.362 e. The zero-order valence-electron chi connectivity index (χ0n) is 9.95. The molecule has 5 rings (SSSR count). The number of hydrogen-bond acceptors (Lipinski definition) is 3. The number of fused-ring (bicyclic) bond motifs is 7. The molecular formula is C14H9N4S+. The average Bonchev–Trinajstić information content (AvgIpc) is 3.07. The Morgan fingerprint density at radius 1 is 1.26 bits per heavy atom. The van der Waals surface area contributed by atoms with Gasteiger partial charge < -0.3 is 0 Å². The van der Waals surface area contributed by atoms with E-state index in [1.807, 2.05) is 30.6 Å². The molecule has 0 bridgehead atoms. The average molecular weight is 265 g/mol. The fourth-order valence-electron chi connectivity index (χ4n) is 2.75. The molecule has 1 aliphatic heterocycles. The molecule has 90 valence electrons. The molecule has 4 aromatic rings. The van der Waals surface area contributed by atoms with E-state index in [2.05, 4.69) is 26.2 Å². The highest BCUT2D eigenvalue weighted by atomic mass is 32.1. The van der Waals surface area contributed by atoms with E-state index in [0.29, 0.717) is 0 Å². The molecule has 5 heteroatoms. The van der Waals surface area contributed by atoms with Crippen LogP contribution >= 0.6 is 11.3 Å². The number of nitrogens with zero attached hydrogens (tertiary/aromatic N) is 4. The Morgan fingerprint density at radius 3 is 3.26 bits per heavy atom. The number of rotatable bonds is 0. The first-order chi connectivity index (χ1) is 9.42. The predicted octanol–water partition coefficient (Wildman–Crippen LogP) is 2.26. The standard InChI is InChI=1S/C14H9N4S/c1-2-6-17-11(3-1)16-12-14(17)19-13-10-4-5-15-7-9(10)8-18(12)13/h1-7H,8H2/q+1. The summed E-state index contributed by atoms with van der Waals surface area (Å²) in [7, 11) is 0. The van der Waals surface area contributed by atoms with Crippen LogP contribution in [-0.2, 0) is 6.54 Å². The van der Waals surface area contributed by atoms with E-state index in [4.69, 9.17) is 4.98 Å². The summed E-state index contributed by atoms with van der Waals surface area (Å²) in [5.41, 5.74) is 4.66. The molecule has 0 aromatic carbocycles. The summed E-state index contributed by atoms with van der Waals surface area (Å²) in [4.78, 5) is 10.2. The molecule has 0 radical (unpaired) electrons. The van der Waals surface area contributed by atoms with Crippen molar-refractivity contribution in [3.05, 3.63) is 48.4 Å². The van der Waals surface area contributed by atoms with Crippen LogP contribution in [-0.4, -0.2) is 14.4 Å². The van der Waals surface area contributed by atoms with Crippen LogP contribution in [0.1, 0.15) is 5.56 Å². The van der Waals surface area contributed by atoms with E-state index in [-0.39, 0.29) is 0 Å². The van der Waals surface area contributed by atoms with Crippen molar-refractivity contribution >= 4 is 27.5 Å². The molecule has 0 aliphatic carbocycles. The maximum atomic E-state index is 4.75. The Bertz CT molecular complexity index is 951. The quantitative estimate of drug-likeness (QED) is 0.402. The van der Waals surface area contributed by atoms with Gasteiger partial charge in [0.05, 0.1) is 0 Å². The van der Waals surface area contributed by atoms with Crippen LogP contribution in [0.25, 0.3) is 26.7 Å². The lowest BCUT2D eigenvalue weighted by Crippen LogP contribution is -2.30. The second kappa shape index (κ2) is 3.19. The number of hydrogen-bond donors (Lipinski definition) is 0. The van der Waals surface area contributed by atoms with E-state index in [1.54, 1.807) is 11.3 Å². The monoisotopic (exact) mass is 265 g/mol. The molecule has 0 saturated carbocycles. The van der Waals surface area contributed by atoms with Gasteiger partial charge in [0, 0.05) is 35.8 Å². The Morgan fingerprint density at radius 2 is 2.26 bits per heavy atom. The zero-order valence-corrected chi connectivity index (χ0v) is 10.8. The van der Waals surface area contributed by atoms with Crippen molar-refractivity contribution in [1.82, 2.24) is 14.4 Å². The van der Waals surface area contributed by atoms with Crippen molar-refractivity contribution in [2.75, 3.05) is 0 Å².